The van der Waals surface area contributed by atoms with Gasteiger partial charge in [0.2, 0.25) is 0 Å². The van der Waals surface area contributed by atoms with Crippen LogP contribution in [0.3, 0.4) is 0 Å². The van der Waals surface area contributed by atoms with E-state index in [1.165, 1.54) is 0 Å². The predicted octanol–water partition coefficient (Wildman–Crippen LogP) is 0.406. The first-order valence-electron chi connectivity index (χ1n) is 5.88. The molecule has 3 N–H and O–H groups in total. The van der Waals surface area contributed by atoms with Gasteiger partial charge in [-0.05, 0) is 26.2 Å². The highest BCUT2D eigenvalue weighted by atomic mass is 16.4. The van der Waals surface area contributed by atoms with Crippen LogP contribution >= 0.6 is 0 Å². The Hall–Kier alpha value is -1.30. The number of aliphatic hydroxyl groups is 1. The van der Waals surface area contributed by atoms with Crippen molar-refractivity contribution in [3.63, 3.8) is 0 Å². The number of carbonyl (C=O) groups excluding carboxylic acids is 1. The van der Waals surface area contributed by atoms with Crippen LogP contribution < -0.4 is 5.32 Å². The molecule has 0 aliphatic heterocycles. The van der Waals surface area contributed by atoms with Gasteiger partial charge in [-0.2, -0.15) is 0 Å². The van der Waals surface area contributed by atoms with Gasteiger partial charge in [-0.15, -0.1) is 0 Å². The molecule has 1 rings (SSSR count). The first kappa shape index (κ1) is 13.8. The van der Waals surface area contributed by atoms with Crippen LogP contribution in [0.25, 0.3) is 0 Å². The minimum Gasteiger partial charge on any atom is -0.479 e. The largest absolute Gasteiger partial charge is 0.479 e. The highest BCUT2D eigenvalue weighted by Gasteiger charge is 2.34. The summed E-state index contributed by atoms with van der Waals surface area (Å²) in [6.45, 7) is 3.52. The minimum atomic E-state index is -1.92. The fourth-order valence-corrected chi connectivity index (χ4v) is 1.50. The summed E-state index contributed by atoms with van der Waals surface area (Å²) in [5.41, 5.74) is -1.92. The zero-order valence-electron chi connectivity index (χ0n) is 10.3. The smallest absolute Gasteiger partial charge is 0.337 e. The van der Waals surface area contributed by atoms with E-state index in [0.717, 1.165) is 26.2 Å². The van der Waals surface area contributed by atoms with E-state index in [1.54, 1.807) is 4.90 Å². The maximum absolute atomic E-state index is 11.8. The van der Waals surface area contributed by atoms with Gasteiger partial charge < -0.3 is 20.4 Å². The molecule has 98 valence electrons. The number of urea groups is 1. The van der Waals surface area contributed by atoms with Crippen molar-refractivity contribution in [3.05, 3.63) is 0 Å². The molecule has 0 aromatic heterocycles. The van der Waals surface area contributed by atoms with Gasteiger partial charge in [0.25, 0.3) is 0 Å². The number of nitrogens with zero attached hydrogens (tertiary/aromatic N) is 1. The fourth-order valence-electron chi connectivity index (χ4n) is 1.50. The number of hydrogen-bond acceptors (Lipinski definition) is 3. The van der Waals surface area contributed by atoms with Crippen molar-refractivity contribution in [1.82, 2.24) is 10.2 Å². The van der Waals surface area contributed by atoms with Crippen molar-refractivity contribution in [2.45, 2.75) is 44.8 Å². The third-order valence-electron chi connectivity index (χ3n) is 2.76. The van der Waals surface area contributed by atoms with E-state index in [2.05, 4.69) is 5.32 Å². The summed E-state index contributed by atoms with van der Waals surface area (Å²) in [7, 11) is 0. The molecule has 0 aromatic carbocycles. The summed E-state index contributed by atoms with van der Waals surface area (Å²) in [6.07, 6.45) is 2.87. The van der Waals surface area contributed by atoms with Crippen molar-refractivity contribution in [2.75, 3.05) is 13.1 Å². The lowest BCUT2D eigenvalue weighted by atomic mass is 10.1. The Labute approximate surface area is 101 Å². The number of rotatable bonds is 6. The Morgan fingerprint density at radius 1 is 1.47 bits per heavy atom. The SMILES string of the molecule is CCCN(C(=O)NCC(C)(O)C(=O)O)C1CC1. The van der Waals surface area contributed by atoms with E-state index in [-0.39, 0.29) is 18.6 Å². The first-order valence-corrected chi connectivity index (χ1v) is 5.88. The van der Waals surface area contributed by atoms with Gasteiger partial charge in [0.05, 0.1) is 6.54 Å². The van der Waals surface area contributed by atoms with Crippen LogP contribution in [0.5, 0.6) is 0 Å². The number of nitrogens with one attached hydrogen (secondary N) is 1. The minimum absolute atomic E-state index is 0.282. The molecule has 0 radical (unpaired) electrons. The van der Waals surface area contributed by atoms with Crippen molar-refractivity contribution < 1.29 is 19.8 Å². The number of hydrogen-bond donors (Lipinski definition) is 3. The number of carboxylic acid groups (broad SMARTS) is 1. The van der Waals surface area contributed by atoms with Crippen LogP contribution in [0.2, 0.25) is 0 Å². The summed E-state index contributed by atoms with van der Waals surface area (Å²) in [5, 5.41) is 20.6. The Balaban J connectivity index is 2.44. The number of carbonyl (C=O) groups is 2. The Morgan fingerprint density at radius 2 is 2.06 bits per heavy atom. The van der Waals surface area contributed by atoms with Crippen LogP contribution in [0, 0.1) is 0 Å². The monoisotopic (exact) mass is 244 g/mol. The van der Waals surface area contributed by atoms with Gasteiger partial charge in [-0.1, -0.05) is 6.92 Å². The third kappa shape index (κ3) is 3.89. The molecule has 0 bridgehead atoms. The molecule has 1 unspecified atom stereocenters. The molecular weight excluding hydrogens is 224 g/mol. The molecule has 0 heterocycles. The second kappa shape index (κ2) is 5.35. The normalized spacial score (nSPS) is 18.3. The molecule has 1 aliphatic carbocycles. The molecule has 1 saturated carbocycles. The average molecular weight is 244 g/mol. The second-order valence-corrected chi connectivity index (χ2v) is 4.66. The van der Waals surface area contributed by atoms with Gasteiger partial charge in [0.15, 0.2) is 5.60 Å². The fraction of sp³-hybridized carbons (Fsp3) is 0.818. The zero-order valence-corrected chi connectivity index (χ0v) is 10.3. The lowest BCUT2D eigenvalue weighted by molar-refractivity contribution is -0.155. The van der Waals surface area contributed by atoms with Gasteiger partial charge >= 0.3 is 12.0 Å². The van der Waals surface area contributed by atoms with Crippen LogP contribution in [0.1, 0.15) is 33.1 Å². The summed E-state index contributed by atoms with van der Waals surface area (Å²) in [6, 6.07) is -0.0133. The quantitative estimate of drug-likeness (QED) is 0.631. The lowest BCUT2D eigenvalue weighted by Gasteiger charge is -2.25. The van der Waals surface area contributed by atoms with E-state index in [9.17, 15) is 14.7 Å². The average Bonchev–Trinajstić information content (AvgIpc) is 3.06. The molecule has 17 heavy (non-hydrogen) atoms. The highest BCUT2D eigenvalue weighted by molar-refractivity contribution is 5.79. The molecule has 1 aliphatic rings. The molecule has 2 amide bonds. The second-order valence-electron chi connectivity index (χ2n) is 4.66. The molecular formula is C11H20N2O4. The van der Waals surface area contributed by atoms with E-state index in [4.69, 9.17) is 5.11 Å². The van der Waals surface area contributed by atoms with Crippen LogP contribution in [-0.2, 0) is 4.79 Å². The zero-order chi connectivity index (χ0) is 13.1. The van der Waals surface area contributed by atoms with Gasteiger partial charge in [0.1, 0.15) is 0 Å². The van der Waals surface area contributed by atoms with E-state index >= 15 is 0 Å². The van der Waals surface area contributed by atoms with Gasteiger partial charge in [-0.25, -0.2) is 9.59 Å². The topological polar surface area (TPSA) is 89.9 Å². The summed E-state index contributed by atoms with van der Waals surface area (Å²) >= 11 is 0. The van der Waals surface area contributed by atoms with Crippen molar-refractivity contribution in [1.29, 1.82) is 0 Å². The maximum Gasteiger partial charge on any atom is 0.337 e. The van der Waals surface area contributed by atoms with Gasteiger partial charge in [0, 0.05) is 12.6 Å². The predicted molar refractivity (Wildman–Crippen MR) is 61.7 cm³/mol. The molecule has 1 atom stereocenters. The molecule has 1 fully saturated rings. The standard InChI is InChI=1S/C11H20N2O4/c1-3-6-13(8-4-5-8)10(16)12-7-11(2,17)9(14)15/h8,17H,3-7H2,1-2H3,(H,12,16)(H,14,15). The summed E-state index contributed by atoms with van der Waals surface area (Å²) < 4.78 is 0. The molecule has 0 spiro atoms. The van der Waals surface area contributed by atoms with E-state index in [0.29, 0.717) is 6.54 Å². The van der Waals surface area contributed by atoms with E-state index < -0.39 is 11.6 Å². The first-order chi connectivity index (χ1) is 7.88. The lowest BCUT2D eigenvalue weighted by Crippen LogP contribution is -2.50. The van der Waals surface area contributed by atoms with Crippen LogP contribution in [0.4, 0.5) is 4.79 Å². The molecule has 6 nitrogen and oxygen atoms in total. The third-order valence-corrected chi connectivity index (χ3v) is 2.76. The van der Waals surface area contributed by atoms with Crippen LogP contribution in [-0.4, -0.2) is 51.8 Å². The Morgan fingerprint density at radius 3 is 2.47 bits per heavy atom. The van der Waals surface area contributed by atoms with Crippen molar-refractivity contribution >= 4 is 12.0 Å². The Kier molecular flexibility index (Phi) is 4.34. The molecule has 6 heteroatoms. The Bertz CT molecular complexity index is 300. The summed E-state index contributed by atoms with van der Waals surface area (Å²) in [4.78, 5) is 24.2. The van der Waals surface area contributed by atoms with Gasteiger partial charge in [-0.3, -0.25) is 0 Å². The maximum atomic E-state index is 11.8. The number of aliphatic carboxylic acids is 1. The highest BCUT2D eigenvalue weighted by Crippen LogP contribution is 2.26. The molecule has 0 saturated heterocycles. The summed E-state index contributed by atoms with van der Waals surface area (Å²) in [5.74, 6) is -1.34. The number of carboxylic acids is 1. The van der Waals surface area contributed by atoms with Crippen molar-refractivity contribution in [2.24, 2.45) is 0 Å². The molecule has 0 aromatic rings. The van der Waals surface area contributed by atoms with Crippen LogP contribution in [0.15, 0.2) is 0 Å². The van der Waals surface area contributed by atoms with Crippen molar-refractivity contribution in [3.8, 4) is 0 Å². The number of amides is 2. The van der Waals surface area contributed by atoms with E-state index in [1.807, 2.05) is 6.92 Å².